The zero-order valence-electron chi connectivity index (χ0n) is 18.1. The molecule has 0 aliphatic rings. The minimum Gasteiger partial charge on any atom is -0.508 e. The Balaban J connectivity index is 1.78. The number of rotatable bonds is 6. The predicted molar refractivity (Wildman–Crippen MR) is 124 cm³/mol. The maximum atomic E-state index is 12.9. The number of fused-ring (bicyclic) bond motifs is 1. The summed E-state index contributed by atoms with van der Waals surface area (Å²) < 4.78 is 4.20. The van der Waals surface area contributed by atoms with Crippen molar-refractivity contribution in [1.29, 1.82) is 0 Å². The first-order valence-corrected chi connectivity index (χ1v) is 10.2. The first-order chi connectivity index (χ1) is 15.4. The van der Waals surface area contributed by atoms with Crippen LogP contribution in [0.4, 0.5) is 5.95 Å². The molecule has 9 nitrogen and oxygen atoms in total. The molecule has 0 saturated heterocycles. The van der Waals surface area contributed by atoms with Gasteiger partial charge in [0.25, 0.3) is 5.56 Å². The molecule has 0 bridgehead atoms. The average Bonchev–Trinajstić information content (AvgIpc) is 3.18. The number of aromatic hydroxyl groups is 1. The van der Waals surface area contributed by atoms with Gasteiger partial charge in [0.15, 0.2) is 11.2 Å². The molecule has 0 radical (unpaired) electrons. The number of nitrogens with one attached hydrogen (secondary N) is 1. The summed E-state index contributed by atoms with van der Waals surface area (Å²) in [6.45, 7) is 2.30. The fraction of sp³-hybridized carbons (Fsp3) is 0.217. The van der Waals surface area contributed by atoms with Gasteiger partial charge in [-0.25, -0.2) is 10.2 Å². The van der Waals surface area contributed by atoms with Gasteiger partial charge in [-0.15, -0.1) is 0 Å². The van der Waals surface area contributed by atoms with Gasteiger partial charge < -0.3 is 9.67 Å². The molecule has 0 amide bonds. The van der Waals surface area contributed by atoms with Crippen molar-refractivity contribution < 1.29 is 5.11 Å². The summed E-state index contributed by atoms with van der Waals surface area (Å²) in [6, 6.07) is 16.6. The number of anilines is 1. The van der Waals surface area contributed by atoms with Gasteiger partial charge >= 0.3 is 5.69 Å². The first kappa shape index (κ1) is 21.1. The van der Waals surface area contributed by atoms with E-state index in [0.29, 0.717) is 35.8 Å². The molecule has 0 spiro atoms. The van der Waals surface area contributed by atoms with Gasteiger partial charge in [-0.05, 0) is 48.7 Å². The molecule has 2 aromatic heterocycles. The maximum absolute atomic E-state index is 12.9. The summed E-state index contributed by atoms with van der Waals surface area (Å²) in [7, 11) is 3.05. The smallest absolute Gasteiger partial charge is 0.332 e. The number of hydrogen-bond acceptors (Lipinski definition) is 6. The number of nitrogens with zero attached hydrogens (tertiary/aromatic N) is 5. The quantitative estimate of drug-likeness (QED) is 0.359. The van der Waals surface area contributed by atoms with Crippen molar-refractivity contribution in [3.05, 3.63) is 86.6 Å². The summed E-state index contributed by atoms with van der Waals surface area (Å²) in [6.07, 6.45) is 0.674. The summed E-state index contributed by atoms with van der Waals surface area (Å²) >= 11 is 0. The third kappa shape index (κ3) is 3.92. The van der Waals surface area contributed by atoms with Gasteiger partial charge in [0.2, 0.25) is 5.95 Å². The molecule has 4 aromatic rings. The summed E-state index contributed by atoms with van der Waals surface area (Å²) in [5.41, 5.74) is 5.36. The molecule has 0 aliphatic heterocycles. The second-order valence-corrected chi connectivity index (χ2v) is 7.56. The highest BCUT2D eigenvalue weighted by atomic mass is 16.3. The van der Waals surface area contributed by atoms with Crippen LogP contribution in [0.1, 0.15) is 18.1 Å². The first-order valence-electron chi connectivity index (χ1n) is 10.2. The van der Waals surface area contributed by atoms with Gasteiger partial charge in [-0.1, -0.05) is 30.3 Å². The van der Waals surface area contributed by atoms with E-state index in [4.69, 9.17) is 0 Å². The lowest BCUT2D eigenvalue weighted by Crippen LogP contribution is -2.37. The van der Waals surface area contributed by atoms with Gasteiger partial charge in [-0.3, -0.25) is 13.9 Å². The maximum Gasteiger partial charge on any atom is 0.332 e. The van der Waals surface area contributed by atoms with Gasteiger partial charge in [-0.2, -0.15) is 10.1 Å². The van der Waals surface area contributed by atoms with Crippen molar-refractivity contribution in [2.75, 3.05) is 5.43 Å². The van der Waals surface area contributed by atoms with Crippen molar-refractivity contribution in [2.24, 2.45) is 19.2 Å². The van der Waals surface area contributed by atoms with E-state index in [9.17, 15) is 14.7 Å². The van der Waals surface area contributed by atoms with E-state index in [1.165, 1.54) is 11.6 Å². The van der Waals surface area contributed by atoms with Gasteiger partial charge in [0.05, 0.1) is 5.71 Å². The Morgan fingerprint density at radius 1 is 1.03 bits per heavy atom. The molecule has 0 aliphatic carbocycles. The fourth-order valence-electron chi connectivity index (χ4n) is 3.54. The molecule has 4 rings (SSSR count). The molecule has 0 saturated carbocycles. The molecular weight excluding hydrogens is 408 g/mol. The van der Waals surface area contributed by atoms with Crippen molar-refractivity contribution in [1.82, 2.24) is 18.7 Å². The summed E-state index contributed by atoms with van der Waals surface area (Å²) in [4.78, 5) is 29.9. The van der Waals surface area contributed by atoms with Crippen LogP contribution in [0, 0.1) is 0 Å². The largest absolute Gasteiger partial charge is 0.508 e. The summed E-state index contributed by atoms with van der Waals surface area (Å²) in [5, 5.41) is 13.9. The summed E-state index contributed by atoms with van der Waals surface area (Å²) in [5.74, 6) is 0.543. The Bertz CT molecular complexity index is 1410. The van der Waals surface area contributed by atoms with Crippen LogP contribution in [0.5, 0.6) is 5.75 Å². The SMILES string of the molecule is C/C(=N/Nc1nc2c(c(=O)n(C)c(=O)n2C)n1CCc1ccccc1)c1ccc(O)cc1. The van der Waals surface area contributed by atoms with Crippen LogP contribution in [-0.2, 0) is 27.1 Å². The van der Waals surface area contributed by atoms with E-state index in [2.05, 4.69) is 15.5 Å². The molecule has 2 heterocycles. The Kier molecular flexibility index (Phi) is 5.63. The van der Waals surface area contributed by atoms with Crippen LogP contribution in [0.25, 0.3) is 11.2 Å². The lowest BCUT2D eigenvalue weighted by molar-refractivity contribution is 0.475. The standard InChI is InChI=1S/C23H24N6O3/c1-15(17-9-11-18(30)12-10-17)25-26-22-24-20-19(21(31)28(3)23(32)27(20)2)29(22)14-13-16-7-5-4-6-8-16/h4-12,30H,13-14H2,1-3H3,(H,24,26)/b25-15-. The Hall–Kier alpha value is -4.14. The number of imidazole rings is 1. The highest BCUT2D eigenvalue weighted by molar-refractivity contribution is 5.99. The van der Waals surface area contributed by atoms with Crippen molar-refractivity contribution in [2.45, 2.75) is 19.9 Å². The molecule has 0 fully saturated rings. The average molecular weight is 432 g/mol. The number of hydrogen-bond donors (Lipinski definition) is 2. The highest BCUT2D eigenvalue weighted by Crippen LogP contribution is 2.18. The third-order valence-electron chi connectivity index (χ3n) is 5.42. The van der Waals surface area contributed by atoms with Gasteiger partial charge in [0, 0.05) is 20.6 Å². The number of phenols is 1. The number of phenolic OH excluding ortho intramolecular Hbond substituents is 1. The Morgan fingerprint density at radius 3 is 2.41 bits per heavy atom. The molecule has 9 heteroatoms. The Labute approximate surface area is 183 Å². The van der Waals surface area contributed by atoms with E-state index in [-0.39, 0.29) is 5.75 Å². The van der Waals surface area contributed by atoms with Crippen LogP contribution in [-0.4, -0.2) is 29.5 Å². The van der Waals surface area contributed by atoms with Crippen molar-refractivity contribution >= 4 is 22.8 Å². The minimum absolute atomic E-state index is 0.175. The monoisotopic (exact) mass is 432 g/mol. The second kappa shape index (κ2) is 8.54. The van der Waals surface area contributed by atoms with Crippen LogP contribution in [0.2, 0.25) is 0 Å². The van der Waals surface area contributed by atoms with E-state index < -0.39 is 11.2 Å². The van der Waals surface area contributed by atoms with E-state index in [1.807, 2.05) is 37.3 Å². The highest BCUT2D eigenvalue weighted by Gasteiger charge is 2.19. The molecule has 0 unspecified atom stereocenters. The van der Waals surface area contributed by atoms with E-state index >= 15 is 0 Å². The van der Waals surface area contributed by atoms with Crippen LogP contribution < -0.4 is 16.7 Å². The second-order valence-electron chi connectivity index (χ2n) is 7.56. The van der Waals surface area contributed by atoms with E-state index in [1.54, 1.807) is 35.9 Å². The van der Waals surface area contributed by atoms with Gasteiger partial charge in [0.1, 0.15) is 5.75 Å². The lowest BCUT2D eigenvalue weighted by atomic mass is 10.1. The molecule has 0 atom stereocenters. The number of aromatic nitrogens is 4. The number of aryl methyl sites for hydroxylation is 3. The van der Waals surface area contributed by atoms with Crippen molar-refractivity contribution in [3.63, 3.8) is 0 Å². The number of hydrazone groups is 1. The van der Waals surface area contributed by atoms with Crippen LogP contribution >= 0.6 is 0 Å². The minimum atomic E-state index is -0.439. The zero-order chi connectivity index (χ0) is 22.8. The fourth-order valence-corrected chi connectivity index (χ4v) is 3.54. The van der Waals surface area contributed by atoms with Crippen molar-refractivity contribution in [3.8, 4) is 5.75 Å². The molecule has 2 aromatic carbocycles. The predicted octanol–water partition coefficient (Wildman–Crippen LogP) is 2.22. The normalized spacial score (nSPS) is 11.8. The topological polar surface area (TPSA) is 106 Å². The van der Waals surface area contributed by atoms with Crippen LogP contribution in [0.3, 0.4) is 0 Å². The lowest BCUT2D eigenvalue weighted by Gasteiger charge is -2.10. The molecule has 2 N–H and O–H groups in total. The Morgan fingerprint density at radius 2 is 1.72 bits per heavy atom. The van der Waals surface area contributed by atoms with E-state index in [0.717, 1.165) is 15.7 Å². The van der Waals surface area contributed by atoms with Crippen LogP contribution in [0.15, 0.2) is 69.3 Å². The zero-order valence-corrected chi connectivity index (χ0v) is 18.1. The molecule has 32 heavy (non-hydrogen) atoms. The molecule has 164 valence electrons. The third-order valence-corrected chi connectivity index (χ3v) is 5.42. The number of benzene rings is 2. The molecular formula is C23H24N6O3.